The maximum absolute atomic E-state index is 10.6. The Morgan fingerprint density at radius 3 is 2.26 bits per heavy atom. The summed E-state index contributed by atoms with van der Waals surface area (Å²) in [6.07, 6.45) is 11.0. The quantitative estimate of drug-likeness (QED) is 0.537. The summed E-state index contributed by atoms with van der Waals surface area (Å²) in [5.41, 5.74) is 2.16. The number of rotatable bonds is 10. The van der Waals surface area contributed by atoms with Crippen LogP contribution in [0.2, 0.25) is 0 Å². The summed E-state index contributed by atoms with van der Waals surface area (Å²) in [5.74, 6) is -1.92. The molecule has 0 aliphatic rings. The predicted octanol–water partition coefficient (Wildman–Crippen LogP) is 4.78. The number of halogens is 3. The van der Waals surface area contributed by atoms with Crippen LogP contribution in [0.1, 0.15) is 36.8 Å². The summed E-state index contributed by atoms with van der Waals surface area (Å²) >= 11 is 0. The first kappa shape index (κ1) is 26.1. The number of unbranched alkanes of at least 4 members (excludes halogenated alkanes) is 3. The van der Waals surface area contributed by atoms with Crippen molar-refractivity contribution in [2.45, 2.75) is 31.9 Å². The maximum Gasteiger partial charge on any atom is 0.490 e. The van der Waals surface area contributed by atoms with Crippen molar-refractivity contribution in [1.29, 1.82) is 0 Å². The molecule has 2 aromatic heterocycles. The van der Waals surface area contributed by atoms with E-state index in [1.54, 1.807) is 18.6 Å². The Morgan fingerprint density at radius 1 is 1.03 bits per heavy atom. The van der Waals surface area contributed by atoms with Gasteiger partial charge in [0.05, 0.1) is 12.8 Å². The number of aliphatic carboxylic acids is 1. The van der Waals surface area contributed by atoms with Gasteiger partial charge in [-0.3, -0.25) is 9.97 Å². The summed E-state index contributed by atoms with van der Waals surface area (Å²) in [6.45, 7) is 1.91. The molecule has 0 amide bonds. The van der Waals surface area contributed by atoms with E-state index in [0.717, 1.165) is 36.4 Å². The van der Waals surface area contributed by atoms with Crippen LogP contribution in [0.5, 0.6) is 5.75 Å². The summed E-state index contributed by atoms with van der Waals surface area (Å²) in [6, 6.07) is 5.97. The molecule has 0 radical (unpaired) electrons. The van der Waals surface area contributed by atoms with Gasteiger partial charge in [0.1, 0.15) is 5.75 Å². The minimum atomic E-state index is -5.08. The molecule has 0 bridgehead atoms. The Bertz CT molecular complexity index is 797. The van der Waals surface area contributed by atoms with E-state index in [9.17, 15) is 13.2 Å². The number of nitrogens with zero attached hydrogens (tertiary/aromatic N) is 3. The number of alkyl halides is 3. The number of hydrogen-bond acceptors (Lipinski definition) is 5. The smallest absolute Gasteiger partial charge is 0.490 e. The molecular weight excluding hydrogens is 411 g/mol. The topological polar surface area (TPSA) is 75.5 Å². The van der Waals surface area contributed by atoms with Gasteiger partial charge in [-0.2, -0.15) is 13.2 Å². The minimum Gasteiger partial charge on any atom is -0.492 e. The number of hydrogen-bond donors (Lipinski definition) is 1. The monoisotopic (exact) mass is 439 g/mol. The molecule has 0 atom stereocenters. The summed E-state index contributed by atoms with van der Waals surface area (Å²) in [7, 11) is 4.23. The van der Waals surface area contributed by atoms with Crippen molar-refractivity contribution in [3.05, 3.63) is 54.1 Å². The number of aromatic nitrogens is 2. The van der Waals surface area contributed by atoms with Crippen molar-refractivity contribution in [2.75, 3.05) is 27.2 Å². The molecule has 0 aliphatic heterocycles. The van der Waals surface area contributed by atoms with Gasteiger partial charge >= 0.3 is 12.1 Å². The summed E-state index contributed by atoms with van der Waals surface area (Å²) in [5, 5.41) is 7.12. The summed E-state index contributed by atoms with van der Waals surface area (Å²) < 4.78 is 37.5. The molecule has 1 N–H and O–H groups in total. The van der Waals surface area contributed by atoms with Gasteiger partial charge < -0.3 is 14.7 Å². The third-order valence-electron chi connectivity index (χ3n) is 3.92. The van der Waals surface area contributed by atoms with Crippen LogP contribution >= 0.6 is 0 Å². The van der Waals surface area contributed by atoms with E-state index in [4.69, 9.17) is 14.6 Å². The van der Waals surface area contributed by atoms with Gasteiger partial charge in [-0.15, -0.1) is 0 Å². The largest absolute Gasteiger partial charge is 0.492 e. The number of ether oxygens (including phenoxy) is 1. The van der Waals surface area contributed by atoms with Crippen LogP contribution in [-0.4, -0.2) is 59.4 Å². The first-order valence-electron chi connectivity index (χ1n) is 9.79. The highest BCUT2D eigenvalue weighted by molar-refractivity contribution is 5.73. The standard InChI is InChI=1S/C20H27N3O.C2HF3O2/c1-23(2)13-5-3-4-6-14-24-20-15-19(16-22-17-20)8-7-18-9-11-21-12-10-18;3-2(4,5)1(6)7/h7-12,15-17H,3-6,13-14H2,1-2H3;(H,6,7)/b8-7+;. The lowest BCUT2D eigenvalue weighted by molar-refractivity contribution is -0.192. The Morgan fingerprint density at radius 2 is 1.65 bits per heavy atom. The van der Waals surface area contributed by atoms with E-state index >= 15 is 0 Å². The molecule has 0 aromatic carbocycles. The highest BCUT2D eigenvalue weighted by Crippen LogP contribution is 2.15. The van der Waals surface area contributed by atoms with Crippen molar-refractivity contribution in [2.24, 2.45) is 0 Å². The van der Waals surface area contributed by atoms with Crippen LogP contribution in [0.25, 0.3) is 12.2 Å². The molecule has 0 unspecified atom stereocenters. The van der Waals surface area contributed by atoms with Crippen LogP contribution in [0.3, 0.4) is 0 Å². The van der Waals surface area contributed by atoms with E-state index in [2.05, 4.69) is 29.0 Å². The van der Waals surface area contributed by atoms with Crippen molar-refractivity contribution in [3.8, 4) is 5.75 Å². The molecular formula is C22H28F3N3O3. The van der Waals surface area contributed by atoms with Gasteiger partial charge in [0.15, 0.2) is 0 Å². The van der Waals surface area contributed by atoms with Gasteiger partial charge in [-0.1, -0.05) is 25.0 Å². The molecule has 0 fully saturated rings. The fourth-order valence-corrected chi connectivity index (χ4v) is 2.35. The summed E-state index contributed by atoms with van der Waals surface area (Å²) in [4.78, 5) is 19.4. The molecule has 2 heterocycles. The zero-order valence-electron chi connectivity index (χ0n) is 17.7. The molecule has 2 aromatic rings. The Hall–Kier alpha value is -2.94. The lowest BCUT2D eigenvalue weighted by atomic mass is 10.2. The molecule has 9 heteroatoms. The molecule has 170 valence electrons. The lowest BCUT2D eigenvalue weighted by Gasteiger charge is -2.09. The van der Waals surface area contributed by atoms with E-state index in [-0.39, 0.29) is 0 Å². The SMILES string of the molecule is CN(C)CCCCCCOc1cncc(/C=C/c2ccncc2)c1.O=C(O)C(F)(F)F. The fourth-order valence-electron chi connectivity index (χ4n) is 2.35. The average Bonchev–Trinajstić information content (AvgIpc) is 2.72. The second kappa shape index (κ2) is 14.1. The third kappa shape index (κ3) is 13.1. The van der Waals surface area contributed by atoms with Gasteiger partial charge in [-0.05, 0) is 62.8 Å². The zero-order valence-corrected chi connectivity index (χ0v) is 17.7. The van der Waals surface area contributed by atoms with E-state index in [0.29, 0.717) is 0 Å². The molecule has 0 aliphatic carbocycles. The minimum absolute atomic E-state index is 0.751. The van der Waals surface area contributed by atoms with E-state index < -0.39 is 12.1 Å². The van der Waals surface area contributed by atoms with Crippen molar-refractivity contribution >= 4 is 18.1 Å². The van der Waals surface area contributed by atoms with Gasteiger partial charge in [-0.25, -0.2) is 4.79 Å². The van der Waals surface area contributed by atoms with E-state index in [1.807, 2.05) is 36.5 Å². The van der Waals surface area contributed by atoms with Gasteiger partial charge in [0.25, 0.3) is 0 Å². The molecule has 0 saturated heterocycles. The fraction of sp³-hybridized carbons (Fsp3) is 0.409. The zero-order chi connectivity index (χ0) is 23.1. The maximum atomic E-state index is 10.6. The predicted molar refractivity (Wildman–Crippen MR) is 114 cm³/mol. The van der Waals surface area contributed by atoms with Crippen LogP contribution in [-0.2, 0) is 4.79 Å². The molecule has 2 rings (SSSR count). The first-order valence-corrected chi connectivity index (χ1v) is 9.79. The number of carbonyl (C=O) groups is 1. The number of pyridine rings is 2. The second-order valence-electron chi connectivity index (χ2n) is 6.94. The van der Waals surface area contributed by atoms with Crippen LogP contribution in [0, 0.1) is 0 Å². The molecule has 31 heavy (non-hydrogen) atoms. The third-order valence-corrected chi connectivity index (χ3v) is 3.92. The Kier molecular flexibility index (Phi) is 11.9. The van der Waals surface area contributed by atoms with Gasteiger partial charge in [0.2, 0.25) is 0 Å². The number of carboxylic acid groups (broad SMARTS) is 1. The molecule has 0 spiro atoms. The highest BCUT2D eigenvalue weighted by Gasteiger charge is 2.38. The van der Waals surface area contributed by atoms with Gasteiger partial charge in [0, 0.05) is 18.6 Å². The van der Waals surface area contributed by atoms with Crippen molar-refractivity contribution in [1.82, 2.24) is 14.9 Å². The Labute approximate surface area is 180 Å². The first-order chi connectivity index (χ1) is 14.7. The normalized spacial score (nSPS) is 11.3. The lowest BCUT2D eigenvalue weighted by Crippen LogP contribution is -2.21. The second-order valence-corrected chi connectivity index (χ2v) is 6.94. The van der Waals surface area contributed by atoms with Crippen molar-refractivity contribution < 1.29 is 27.8 Å². The van der Waals surface area contributed by atoms with Crippen LogP contribution in [0.4, 0.5) is 13.2 Å². The average molecular weight is 439 g/mol. The van der Waals surface area contributed by atoms with Crippen LogP contribution < -0.4 is 4.74 Å². The van der Waals surface area contributed by atoms with Crippen LogP contribution in [0.15, 0.2) is 43.0 Å². The molecule has 0 saturated carbocycles. The van der Waals surface area contributed by atoms with Crippen molar-refractivity contribution in [3.63, 3.8) is 0 Å². The number of carboxylic acids is 1. The van der Waals surface area contributed by atoms with E-state index in [1.165, 1.54) is 19.3 Å². The molecule has 6 nitrogen and oxygen atoms in total. The Balaban J connectivity index is 0.000000592. The highest BCUT2D eigenvalue weighted by atomic mass is 19.4.